The van der Waals surface area contributed by atoms with Gasteiger partial charge in [-0.15, -0.1) is 11.3 Å². The maximum atomic E-state index is 12.0. The summed E-state index contributed by atoms with van der Waals surface area (Å²) in [5.41, 5.74) is 2.86. The molecule has 0 saturated heterocycles. The minimum absolute atomic E-state index is 0.0359. The molecule has 0 atom stereocenters. The first-order valence-electron chi connectivity index (χ1n) is 6.00. The molecule has 0 aliphatic rings. The van der Waals surface area contributed by atoms with Crippen LogP contribution in [0.3, 0.4) is 0 Å². The highest BCUT2D eigenvalue weighted by molar-refractivity contribution is 7.12. The van der Waals surface area contributed by atoms with E-state index < -0.39 is 0 Å². The fourth-order valence-electron chi connectivity index (χ4n) is 2.00. The van der Waals surface area contributed by atoms with E-state index in [9.17, 15) is 4.79 Å². The Hall–Kier alpha value is -2.14. The van der Waals surface area contributed by atoms with Crippen LogP contribution in [0.1, 0.15) is 20.9 Å². The number of carbonyl (C=O) groups is 1. The van der Waals surface area contributed by atoms with Crippen LogP contribution < -0.4 is 5.32 Å². The second-order valence-corrected chi connectivity index (χ2v) is 5.25. The summed E-state index contributed by atoms with van der Waals surface area (Å²) < 4.78 is 0. The number of aromatic amines is 1. The summed E-state index contributed by atoms with van der Waals surface area (Å²) in [5.74, 6) is -0.0359. The van der Waals surface area contributed by atoms with Crippen molar-refractivity contribution in [1.29, 1.82) is 0 Å². The maximum Gasteiger partial charge on any atom is 0.261 e. The Kier molecular flexibility index (Phi) is 3.05. The van der Waals surface area contributed by atoms with E-state index in [1.807, 2.05) is 42.6 Å². The third-order valence-corrected chi connectivity index (χ3v) is 4.05. The van der Waals surface area contributed by atoms with Gasteiger partial charge in [-0.2, -0.15) is 5.10 Å². The highest BCUT2D eigenvalue weighted by Crippen LogP contribution is 2.17. The number of H-pyrrole nitrogens is 1. The molecule has 0 spiro atoms. The number of nitrogens with zero attached hydrogens (tertiary/aromatic N) is 1. The number of aryl methyl sites for hydroxylation is 1. The average molecular weight is 271 g/mol. The van der Waals surface area contributed by atoms with E-state index in [0.717, 1.165) is 27.0 Å². The molecule has 1 aromatic carbocycles. The third kappa shape index (κ3) is 2.24. The predicted molar refractivity (Wildman–Crippen MR) is 76.3 cm³/mol. The van der Waals surface area contributed by atoms with Crippen LogP contribution in [0.4, 0.5) is 0 Å². The van der Waals surface area contributed by atoms with Gasteiger partial charge in [0.2, 0.25) is 0 Å². The molecule has 0 unspecified atom stereocenters. The van der Waals surface area contributed by atoms with Gasteiger partial charge in [0, 0.05) is 5.39 Å². The van der Waals surface area contributed by atoms with Crippen LogP contribution in [0.25, 0.3) is 10.9 Å². The van der Waals surface area contributed by atoms with Gasteiger partial charge in [-0.1, -0.05) is 18.2 Å². The number of hydrogen-bond acceptors (Lipinski definition) is 3. The van der Waals surface area contributed by atoms with E-state index in [2.05, 4.69) is 15.5 Å². The molecule has 3 aromatic rings. The van der Waals surface area contributed by atoms with Crippen LogP contribution in [0, 0.1) is 6.92 Å². The molecule has 19 heavy (non-hydrogen) atoms. The lowest BCUT2D eigenvalue weighted by molar-refractivity contribution is 0.0954. The zero-order valence-electron chi connectivity index (χ0n) is 10.4. The van der Waals surface area contributed by atoms with Crippen molar-refractivity contribution in [1.82, 2.24) is 15.5 Å². The standard InChI is InChI=1S/C14H13N3OS/c1-9-6-7-19-13(9)14(18)15-8-12-10-4-2-3-5-11(10)16-17-12/h2-7H,8H2,1H3,(H,15,18)(H,16,17). The lowest BCUT2D eigenvalue weighted by atomic mass is 10.2. The molecule has 1 amide bonds. The third-order valence-electron chi connectivity index (χ3n) is 3.03. The topological polar surface area (TPSA) is 57.8 Å². The van der Waals surface area contributed by atoms with E-state index in [4.69, 9.17) is 0 Å². The van der Waals surface area contributed by atoms with Gasteiger partial charge >= 0.3 is 0 Å². The Bertz CT molecular complexity index is 729. The van der Waals surface area contributed by atoms with Crippen molar-refractivity contribution in [2.24, 2.45) is 0 Å². The van der Waals surface area contributed by atoms with Crippen LogP contribution in [0.5, 0.6) is 0 Å². The van der Waals surface area contributed by atoms with Crippen molar-refractivity contribution in [3.63, 3.8) is 0 Å². The number of hydrogen-bond donors (Lipinski definition) is 2. The fourth-order valence-corrected chi connectivity index (χ4v) is 2.84. The number of carbonyl (C=O) groups excluding carboxylic acids is 1. The molecule has 0 aliphatic carbocycles. The van der Waals surface area contributed by atoms with E-state index in [0.29, 0.717) is 6.54 Å². The van der Waals surface area contributed by atoms with Gasteiger partial charge in [-0.25, -0.2) is 0 Å². The molecule has 2 heterocycles. The molecule has 5 heteroatoms. The van der Waals surface area contributed by atoms with E-state index in [1.165, 1.54) is 11.3 Å². The maximum absolute atomic E-state index is 12.0. The number of para-hydroxylation sites is 1. The van der Waals surface area contributed by atoms with Gasteiger partial charge in [0.1, 0.15) is 0 Å². The van der Waals surface area contributed by atoms with Crippen molar-refractivity contribution in [3.8, 4) is 0 Å². The van der Waals surface area contributed by atoms with E-state index in [1.54, 1.807) is 0 Å². The van der Waals surface area contributed by atoms with Gasteiger partial charge in [0.15, 0.2) is 0 Å². The summed E-state index contributed by atoms with van der Waals surface area (Å²) in [6, 6.07) is 9.80. The highest BCUT2D eigenvalue weighted by atomic mass is 32.1. The highest BCUT2D eigenvalue weighted by Gasteiger charge is 2.11. The SMILES string of the molecule is Cc1ccsc1C(=O)NCc1[nH]nc2ccccc12. The number of nitrogens with one attached hydrogen (secondary N) is 2. The van der Waals surface area contributed by atoms with Crippen LogP contribution in [0.2, 0.25) is 0 Å². The second-order valence-electron chi connectivity index (χ2n) is 4.33. The Balaban J connectivity index is 1.76. The number of aromatic nitrogens is 2. The van der Waals surface area contributed by atoms with E-state index >= 15 is 0 Å². The molecule has 2 aromatic heterocycles. The molecule has 0 fully saturated rings. The van der Waals surface area contributed by atoms with Crippen LogP contribution in [-0.2, 0) is 6.54 Å². The lowest BCUT2D eigenvalue weighted by Crippen LogP contribution is -2.22. The molecular weight excluding hydrogens is 258 g/mol. The van der Waals surface area contributed by atoms with Crippen molar-refractivity contribution in [3.05, 3.63) is 51.8 Å². The van der Waals surface area contributed by atoms with Gasteiger partial charge in [-0.05, 0) is 30.0 Å². The minimum atomic E-state index is -0.0359. The minimum Gasteiger partial charge on any atom is -0.346 e. The summed E-state index contributed by atoms with van der Waals surface area (Å²) in [6.07, 6.45) is 0. The van der Waals surface area contributed by atoms with Crippen LogP contribution >= 0.6 is 11.3 Å². The van der Waals surface area contributed by atoms with Gasteiger partial charge in [0.25, 0.3) is 5.91 Å². The Morgan fingerprint density at radius 2 is 2.21 bits per heavy atom. The number of fused-ring (bicyclic) bond motifs is 1. The first-order valence-corrected chi connectivity index (χ1v) is 6.88. The molecule has 0 bridgehead atoms. The number of benzene rings is 1. The Labute approximate surface area is 114 Å². The molecule has 0 saturated carbocycles. The van der Waals surface area contributed by atoms with Gasteiger partial charge in [0.05, 0.1) is 22.6 Å². The molecular formula is C14H13N3OS. The first kappa shape index (κ1) is 11.9. The zero-order valence-corrected chi connectivity index (χ0v) is 11.3. The summed E-state index contributed by atoms with van der Waals surface area (Å²) in [5, 5.41) is 13.1. The first-order chi connectivity index (χ1) is 9.25. The van der Waals surface area contributed by atoms with Crippen molar-refractivity contribution in [2.45, 2.75) is 13.5 Å². The summed E-state index contributed by atoms with van der Waals surface area (Å²) in [6.45, 7) is 2.40. The Morgan fingerprint density at radius 3 is 3.00 bits per heavy atom. The van der Waals surface area contributed by atoms with Gasteiger partial charge in [-0.3, -0.25) is 9.89 Å². The molecule has 0 aliphatic heterocycles. The Morgan fingerprint density at radius 1 is 1.37 bits per heavy atom. The largest absolute Gasteiger partial charge is 0.346 e. The normalized spacial score (nSPS) is 10.8. The van der Waals surface area contributed by atoms with Crippen molar-refractivity contribution >= 4 is 28.1 Å². The predicted octanol–water partition coefficient (Wildman–Crippen LogP) is 2.86. The summed E-state index contributed by atoms with van der Waals surface area (Å²) in [7, 11) is 0. The second kappa shape index (κ2) is 4.85. The summed E-state index contributed by atoms with van der Waals surface area (Å²) >= 11 is 1.46. The number of amides is 1. The van der Waals surface area contributed by atoms with Crippen molar-refractivity contribution in [2.75, 3.05) is 0 Å². The molecule has 3 rings (SSSR count). The smallest absolute Gasteiger partial charge is 0.261 e. The number of thiophene rings is 1. The average Bonchev–Trinajstić information content (AvgIpc) is 3.02. The number of rotatable bonds is 3. The fraction of sp³-hybridized carbons (Fsp3) is 0.143. The van der Waals surface area contributed by atoms with Crippen molar-refractivity contribution < 1.29 is 4.79 Å². The molecule has 96 valence electrons. The quantitative estimate of drug-likeness (QED) is 0.769. The van der Waals surface area contributed by atoms with Gasteiger partial charge < -0.3 is 5.32 Å². The zero-order chi connectivity index (χ0) is 13.2. The molecule has 2 N–H and O–H groups in total. The summed E-state index contributed by atoms with van der Waals surface area (Å²) in [4.78, 5) is 12.8. The molecule has 0 radical (unpaired) electrons. The lowest BCUT2D eigenvalue weighted by Gasteiger charge is -2.03. The van der Waals surface area contributed by atoms with Crippen LogP contribution in [-0.4, -0.2) is 16.1 Å². The van der Waals surface area contributed by atoms with E-state index in [-0.39, 0.29) is 5.91 Å². The monoisotopic (exact) mass is 271 g/mol. The van der Waals surface area contributed by atoms with Crippen LogP contribution in [0.15, 0.2) is 35.7 Å². The molecule has 4 nitrogen and oxygen atoms in total.